The van der Waals surface area contributed by atoms with Crippen LogP contribution in [0.3, 0.4) is 0 Å². The van der Waals surface area contributed by atoms with Gasteiger partial charge < -0.3 is 10.6 Å². The molecule has 0 radical (unpaired) electrons. The van der Waals surface area contributed by atoms with Gasteiger partial charge in [0, 0.05) is 0 Å². The molecule has 0 aliphatic carbocycles. The second kappa shape index (κ2) is 2.28. The molecule has 2 nitrogen and oxygen atoms in total. The summed E-state index contributed by atoms with van der Waals surface area (Å²) in [5.41, 5.74) is 0. The van der Waals surface area contributed by atoms with Crippen molar-refractivity contribution in [3.8, 4) is 0 Å². The Morgan fingerprint density at radius 3 is 2.86 bits per heavy atom. The van der Waals surface area contributed by atoms with Gasteiger partial charge in [-0.1, -0.05) is 0 Å². The van der Waals surface area contributed by atoms with Crippen molar-refractivity contribution < 1.29 is 0 Å². The SMILES string of the molecule is CN[C@@H]1CCCN1. The first-order chi connectivity index (χ1) is 3.43. The number of hydrogen-bond acceptors (Lipinski definition) is 2. The van der Waals surface area contributed by atoms with E-state index in [-0.39, 0.29) is 0 Å². The van der Waals surface area contributed by atoms with E-state index < -0.39 is 0 Å². The van der Waals surface area contributed by atoms with Gasteiger partial charge in [-0.05, 0) is 26.4 Å². The van der Waals surface area contributed by atoms with Gasteiger partial charge >= 0.3 is 0 Å². The van der Waals surface area contributed by atoms with E-state index in [9.17, 15) is 0 Å². The first kappa shape index (κ1) is 5.06. The van der Waals surface area contributed by atoms with Crippen molar-refractivity contribution in [2.45, 2.75) is 19.0 Å². The fourth-order valence-electron chi connectivity index (χ4n) is 0.931. The van der Waals surface area contributed by atoms with E-state index in [2.05, 4.69) is 10.6 Å². The summed E-state index contributed by atoms with van der Waals surface area (Å²) < 4.78 is 0. The zero-order valence-electron chi connectivity index (χ0n) is 4.70. The van der Waals surface area contributed by atoms with Crippen LogP contribution < -0.4 is 10.6 Å². The van der Waals surface area contributed by atoms with Crippen LogP contribution in [0.25, 0.3) is 0 Å². The molecule has 0 unspecified atom stereocenters. The van der Waals surface area contributed by atoms with Gasteiger partial charge in [0.05, 0.1) is 6.17 Å². The largest absolute Gasteiger partial charge is 0.305 e. The van der Waals surface area contributed by atoms with Crippen LogP contribution in [0, 0.1) is 0 Å². The third-order valence-corrected chi connectivity index (χ3v) is 1.41. The van der Waals surface area contributed by atoms with Crippen molar-refractivity contribution in [1.82, 2.24) is 10.6 Å². The van der Waals surface area contributed by atoms with Gasteiger partial charge in [-0.2, -0.15) is 0 Å². The van der Waals surface area contributed by atoms with Crippen LogP contribution in [-0.2, 0) is 0 Å². The van der Waals surface area contributed by atoms with E-state index in [0.717, 1.165) is 0 Å². The smallest absolute Gasteiger partial charge is 0.0569 e. The molecule has 1 saturated heterocycles. The monoisotopic (exact) mass is 100 g/mol. The van der Waals surface area contributed by atoms with Gasteiger partial charge in [0.2, 0.25) is 0 Å². The third kappa shape index (κ3) is 1.14. The standard InChI is InChI=1S/C5H12N2/c1-6-5-3-2-4-7-5/h5-7H,2-4H2,1H3/t5-/m0/s1. The number of hydrogen-bond donors (Lipinski definition) is 2. The second-order valence-electron chi connectivity index (χ2n) is 1.94. The Kier molecular flexibility index (Phi) is 1.65. The lowest BCUT2D eigenvalue weighted by molar-refractivity contribution is 0.530. The molecule has 0 amide bonds. The first-order valence-corrected chi connectivity index (χ1v) is 2.84. The zero-order chi connectivity index (χ0) is 5.11. The van der Waals surface area contributed by atoms with Crippen molar-refractivity contribution in [2.24, 2.45) is 0 Å². The Morgan fingerprint density at radius 1 is 1.71 bits per heavy atom. The van der Waals surface area contributed by atoms with E-state index in [0.29, 0.717) is 6.17 Å². The van der Waals surface area contributed by atoms with Crippen LogP contribution in [0.5, 0.6) is 0 Å². The summed E-state index contributed by atoms with van der Waals surface area (Å²) in [6.45, 7) is 1.19. The maximum absolute atomic E-state index is 3.30. The molecule has 1 heterocycles. The summed E-state index contributed by atoms with van der Waals surface area (Å²) in [7, 11) is 1.99. The molecule has 1 aliphatic rings. The van der Waals surface area contributed by atoms with Crippen molar-refractivity contribution in [1.29, 1.82) is 0 Å². The Balaban J connectivity index is 2.14. The molecule has 0 aromatic carbocycles. The second-order valence-corrected chi connectivity index (χ2v) is 1.94. The van der Waals surface area contributed by atoms with Crippen LogP contribution in [0.15, 0.2) is 0 Å². The quantitative estimate of drug-likeness (QED) is 0.481. The van der Waals surface area contributed by atoms with Crippen LogP contribution in [-0.4, -0.2) is 19.8 Å². The van der Waals surface area contributed by atoms with Gasteiger partial charge in [0.25, 0.3) is 0 Å². The maximum Gasteiger partial charge on any atom is 0.0569 e. The zero-order valence-corrected chi connectivity index (χ0v) is 4.70. The van der Waals surface area contributed by atoms with E-state index in [1.807, 2.05) is 7.05 Å². The summed E-state index contributed by atoms with van der Waals surface area (Å²) in [5, 5.41) is 6.45. The van der Waals surface area contributed by atoms with Crippen LogP contribution in [0.4, 0.5) is 0 Å². The van der Waals surface area contributed by atoms with Crippen molar-refractivity contribution in [2.75, 3.05) is 13.6 Å². The molecule has 0 aromatic rings. The lowest BCUT2D eigenvalue weighted by Gasteiger charge is -2.05. The molecular formula is C5H12N2. The van der Waals surface area contributed by atoms with Gasteiger partial charge in [-0.3, -0.25) is 0 Å². The van der Waals surface area contributed by atoms with Crippen molar-refractivity contribution >= 4 is 0 Å². The summed E-state index contributed by atoms with van der Waals surface area (Å²) in [6, 6.07) is 0. The highest BCUT2D eigenvalue weighted by Crippen LogP contribution is 1.99. The van der Waals surface area contributed by atoms with Crippen molar-refractivity contribution in [3.63, 3.8) is 0 Å². The van der Waals surface area contributed by atoms with E-state index in [4.69, 9.17) is 0 Å². The highest BCUT2D eigenvalue weighted by Gasteiger charge is 2.09. The average molecular weight is 100 g/mol. The van der Waals surface area contributed by atoms with Gasteiger partial charge in [0.15, 0.2) is 0 Å². The fraction of sp³-hybridized carbons (Fsp3) is 1.00. The van der Waals surface area contributed by atoms with Gasteiger partial charge in [-0.25, -0.2) is 0 Å². The van der Waals surface area contributed by atoms with E-state index >= 15 is 0 Å². The minimum absolute atomic E-state index is 0.597. The molecule has 0 spiro atoms. The third-order valence-electron chi connectivity index (χ3n) is 1.41. The van der Waals surface area contributed by atoms with E-state index in [1.54, 1.807) is 0 Å². The molecule has 1 atom stereocenters. The Morgan fingerprint density at radius 2 is 2.57 bits per heavy atom. The minimum Gasteiger partial charge on any atom is -0.305 e. The number of rotatable bonds is 1. The Hall–Kier alpha value is -0.0800. The Labute approximate surface area is 44.3 Å². The lowest BCUT2D eigenvalue weighted by Crippen LogP contribution is -2.34. The highest BCUT2D eigenvalue weighted by molar-refractivity contribution is 4.68. The predicted octanol–water partition coefficient (Wildman–Crippen LogP) is -0.0847. The van der Waals surface area contributed by atoms with Gasteiger partial charge in [0.1, 0.15) is 0 Å². The molecule has 1 aliphatic heterocycles. The molecule has 1 fully saturated rings. The fourth-order valence-corrected chi connectivity index (χ4v) is 0.931. The normalized spacial score (nSPS) is 31.3. The van der Waals surface area contributed by atoms with Crippen molar-refractivity contribution in [3.05, 3.63) is 0 Å². The summed E-state index contributed by atoms with van der Waals surface area (Å²) >= 11 is 0. The summed E-state index contributed by atoms with van der Waals surface area (Å²) in [5.74, 6) is 0. The summed E-state index contributed by atoms with van der Waals surface area (Å²) in [4.78, 5) is 0. The average Bonchev–Trinajstić information content (AvgIpc) is 2.14. The molecule has 1 rings (SSSR count). The first-order valence-electron chi connectivity index (χ1n) is 2.84. The molecule has 0 bridgehead atoms. The molecule has 0 aromatic heterocycles. The molecule has 2 heteroatoms. The van der Waals surface area contributed by atoms with Gasteiger partial charge in [-0.15, -0.1) is 0 Å². The molecular weight excluding hydrogens is 88.1 g/mol. The van der Waals surface area contributed by atoms with E-state index in [1.165, 1.54) is 19.4 Å². The molecule has 2 N–H and O–H groups in total. The van der Waals surface area contributed by atoms with Crippen LogP contribution >= 0.6 is 0 Å². The highest BCUT2D eigenvalue weighted by atomic mass is 15.1. The number of nitrogens with one attached hydrogen (secondary N) is 2. The van der Waals surface area contributed by atoms with Crippen LogP contribution in [0.2, 0.25) is 0 Å². The topological polar surface area (TPSA) is 24.1 Å². The predicted molar refractivity (Wildman–Crippen MR) is 30.1 cm³/mol. The molecule has 0 saturated carbocycles. The molecule has 7 heavy (non-hydrogen) atoms. The Bertz CT molecular complexity index is 48.0. The maximum atomic E-state index is 3.30. The lowest BCUT2D eigenvalue weighted by atomic mass is 10.3. The summed E-state index contributed by atoms with van der Waals surface area (Å²) in [6.07, 6.45) is 3.21. The van der Waals surface area contributed by atoms with Crippen LogP contribution in [0.1, 0.15) is 12.8 Å². The minimum atomic E-state index is 0.597. The molecule has 42 valence electrons.